The summed E-state index contributed by atoms with van der Waals surface area (Å²) < 4.78 is 12.4. The highest BCUT2D eigenvalue weighted by Gasteiger charge is 2.29. The van der Waals surface area contributed by atoms with E-state index in [9.17, 15) is 9.59 Å². The summed E-state index contributed by atoms with van der Waals surface area (Å²) in [5.74, 6) is -0.396. The number of nitrogens with zero attached hydrogens (tertiary/aromatic N) is 2. The summed E-state index contributed by atoms with van der Waals surface area (Å²) in [5, 5.41) is 3.04. The van der Waals surface area contributed by atoms with Crippen molar-refractivity contribution < 1.29 is 13.9 Å². The lowest BCUT2D eigenvalue weighted by atomic mass is 10.0. The first-order chi connectivity index (χ1) is 14.6. The number of fused-ring (bicyclic) bond motifs is 1. The average molecular weight is 409 g/mol. The van der Waals surface area contributed by atoms with Crippen LogP contribution in [-0.2, 0) is 18.2 Å². The van der Waals surface area contributed by atoms with E-state index in [1.807, 2.05) is 41.3 Å². The van der Waals surface area contributed by atoms with Gasteiger partial charge in [0.2, 0.25) is 0 Å². The topological polar surface area (TPSA) is 76.7 Å². The molecule has 1 unspecified atom stereocenters. The van der Waals surface area contributed by atoms with Crippen LogP contribution in [0.3, 0.4) is 0 Å². The van der Waals surface area contributed by atoms with Gasteiger partial charge in [-0.15, -0.1) is 0 Å². The molecule has 1 atom stereocenters. The van der Waals surface area contributed by atoms with E-state index in [0.29, 0.717) is 31.9 Å². The van der Waals surface area contributed by atoms with E-state index >= 15 is 0 Å². The minimum Gasteiger partial charge on any atom is -0.408 e. The van der Waals surface area contributed by atoms with Crippen molar-refractivity contribution in [1.82, 2.24) is 14.8 Å². The van der Waals surface area contributed by atoms with Gasteiger partial charge in [-0.2, -0.15) is 0 Å². The number of aryl methyl sites for hydroxylation is 2. The fraction of sp³-hybridized carbons (Fsp3) is 0.391. The predicted molar refractivity (Wildman–Crippen MR) is 114 cm³/mol. The molecule has 2 aromatic carbocycles. The Kier molecular flexibility index (Phi) is 6.18. The van der Waals surface area contributed by atoms with E-state index in [4.69, 9.17) is 9.15 Å². The van der Waals surface area contributed by atoms with Crippen LogP contribution in [0.5, 0.6) is 0 Å². The van der Waals surface area contributed by atoms with E-state index in [-0.39, 0.29) is 12.1 Å². The molecule has 0 spiro atoms. The quantitative estimate of drug-likeness (QED) is 0.634. The lowest BCUT2D eigenvalue weighted by Crippen LogP contribution is -2.48. The van der Waals surface area contributed by atoms with Gasteiger partial charge < -0.3 is 19.4 Å². The second-order valence-corrected chi connectivity index (χ2v) is 7.61. The number of carbonyl (C=O) groups excluding carboxylic acids is 1. The fourth-order valence-electron chi connectivity index (χ4n) is 3.88. The molecule has 0 saturated carbocycles. The molecule has 30 heavy (non-hydrogen) atoms. The highest BCUT2D eigenvalue weighted by atomic mass is 16.5. The van der Waals surface area contributed by atoms with Gasteiger partial charge in [-0.05, 0) is 42.5 Å². The number of benzene rings is 2. The van der Waals surface area contributed by atoms with Crippen molar-refractivity contribution in [2.45, 2.75) is 25.3 Å². The molecule has 1 aromatic heterocycles. The molecule has 1 aliphatic rings. The molecule has 4 rings (SSSR count). The molecule has 0 bridgehead atoms. The van der Waals surface area contributed by atoms with Gasteiger partial charge in [-0.3, -0.25) is 4.57 Å². The molecule has 2 heterocycles. The zero-order valence-corrected chi connectivity index (χ0v) is 17.2. The first-order valence-electron chi connectivity index (χ1n) is 10.4. The van der Waals surface area contributed by atoms with E-state index < -0.39 is 5.76 Å². The third-order valence-corrected chi connectivity index (χ3v) is 5.60. The van der Waals surface area contributed by atoms with Gasteiger partial charge >= 0.3 is 11.8 Å². The number of rotatable bonds is 6. The van der Waals surface area contributed by atoms with Gasteiger partial charge in [0.15, 0.2) is 5.58 Å². The van der Waals surface area contributed by atoms with E-state index in [2.05, 4.69) is 17.4 Å². The summed E-state index contributed by atoms with van der Waals surface area (Å²) in [6, 6.07) is 15.7. The number of unbranched alkanes of at least 4 members (excludes halogenated alkanes) is 1. The van der Waals surface area contributed by atoms with Crippen LogP contribution in [0.2, 0.25) is 0 Å². The number of hydrogen-bond donors (Lipinski definition) is 1. The Balaban J connectivity index is 1.36. The van der Waals surface area contributed by atoms with Gasteiger partial charge in [0.1, 0.15) is 0 Å². The van der Waals surface area contributed by atoms with Crippen molar-refractivity contribution in [1.29, 1.82) is 0 Å². The maximum absolute atomic E-state index is 12.8. The van der Waals surface area contributed by atoms with Gasteiger partial charge in [-0.1, -0.05) is 36.4 Å². The van der Waals surface area contributed by atoms with Crippen LogP contribution in [0.4, 0.5) is 4.79 Å². The van der Waals surface area contributed by atoms with E-state index in [0.717, 1.165) is 30.3 Å². The Morgan fingerprint density at radius 1 is 1.17 bits per heavy atom. The summed E-state index contributed by atoms with van der Waals surface area (Å²) >= 11 is 0. The lowest BCUT2D eigenvalue weighted by molar-refractivity contribution is 0.0117. The Hall–Kier alpha value is -3.06. The van der Waals surface area contributed by atoms with Gasteiger partial charge in [0.25, 0.3) is 0 Å². The molecule has 3 aromatic rings. The largest absolute Gasteiger partial charge is 0.419 e. The number of ether oxygens (including phenoxy) is 1. The molecule has 7 nitrogen and oxygen atoms in total. The minimum atomic E-state index is -0.396. The smallest absolute Gasteiger partial charge is 0.408 e. The van der Waals surface area contributed by atoms with Gasteiger partial charge in [-0.25, -0.2) is 9.59 Å². The Bertz CT molecular complexity index is 1060. The molecule has 2 amide bonds. The van der Waals surface area contributed by atoms with Crippen molar-refractivity contribution in [3.8, 4) is 0 Å². The highest BCUT2D eigenvalue weighted by Crippen LogP contribution is 2.27. The van der Waals surface area contributed by atoms with E-state index in [1.165, 1.54) is 10.1 Å². The first kappa shape index (κ1) is 20.2. The van der Waals surface area contributed by atoms with Crippen LogP contribution in [-0.4, -0.2) is 41.8 Å². The Labute approximate surface area is 175 Å². The molecule has 158 valence electrons. The monoisotopic (exact) mass is 409 g/mol. The standard InChI is InChI=1S/C23H27N3O4/c1-25-19-11-10-18(15-21(19)30-23(25)28)20-16-29-14-13-26(20)22(27)24-12-6-5-9-17-7-3-2-4-8-17/h2-4,7-8,10-11,15,20H,5-6,9,12-14,16H2,1H3,(H,24,27). The summed E-state index contributed by atoms with van der Waals surface area (Å²) in [4.78, 5) is 26.4. The van der Waals surface area contributed by atoms with Crippen LogP contribution in [0.1, 0.15) is 30.0 Å². The minimum absolute atomic E-state index is 0.0855. The van der Waals surface area contributed by atoms with Crippen LogP contribution >= 0.6 is 0 Å². The summed E-state index contributed by atoms with van der Waals surface area (Å²) in [6.45, 7) is 2.10. The number of aromatic nitrogens is 1. The first-order valence-corrected chi connectivity index (χ1v) is 10.4. The second-order valence-electron chi connectivity index (χ2n) is 7.61. The number of nitrogens with one attached hydrogen (secondary N) is 1. The van der Waals surface area contributed by atoms with Crippen LogP contribution in [0.25, 0.3) is 11.1 Å². The molecule has 0 aliphatic carbocycles. The predicted octanol–water partition coefficient (Wildman–Crippen LogP) is 3.24. The van der Waals surface area contributed by atoms with Crippen molar-refractivity contribution in [3.05, 3.63) is 70.2 Å². The number of amides is 2. The Morgan fingerprint density at radius 3 is 2.83 bits per heavy atom. The average Bonchev–Trinajstić information content (AvgIpc) is 3.07. The molecule has 7 heteroatoms. The molecule has 1 N–H and O–H groups in total. The fourth-order valence-corrected chi connectivity index (χ4v) is 3.88. The molecule has 1 saturated heterocycles. The number of hydrogen-bond acceptors (Lipinski definition) is 4. The van der Waals surface area contributed by atoms with Crippen LogP contribution < -0.4 is 11.1 Å². The summed E-state index contributed by atoms with van der Waals surface area (Å²) in [7, 11) is 1.68. The van der Waals surface area contributed by atoms with Crippen LogP contribution in [0.15, 0.2) is 57.7 Å². The summed E-state index contributed by atoms with van der Waals surface area (Å²) in [5.41, 5.74) is 3.47. The number of oxazole rings is 1. The second kappa shape index (κ2) is 9.17. The molecular formula is C23H27N3O4. The maximum atomic E-state index is 12.8. The highest BCUT2D eigenvalue weighted by molar-refractivity contribution is 5.76. The van der Waals surface area contributed by atoms with Crippen molar-refractivity contribution in [2.24, 2.45) is 7.05 Å². The number of carbonyl (C=O) groups is 1. The molecule has 1 fully saturated rings. The third kappa shape index (κ3) is 4.41. The van der Waals surface area contributed by atoms with Crippen molar-refractivity contribution in [3.63, 3.8) is 0 Å². The third-order valence-electron chi connectivity index (χ3n) is 5.60. The molecule has 1 aliphatic heterocycles. The Morgan fingerprint density at radius 2 is 2.00 bits per heavy atom. The zero-order chi connectivity index (χ0) is 20.9. The van der Waals surface area contributed by atoms with Crippen molar-refractivity contribution >= 4 is 17.1 Å². The SMILES string of the molecule is Cn1c(=O)oc2cc(C3COCCN3C(=O)NCCCCc3ccccc3)ccc21. The number of morpholine rings is 1. The maximum Gasteiger partial charge on any atom is 0.419 e. The van der Waals surface area contributed by atoms with E-state index in [1.54, 1.807) is 7.05 Å². The number of urea groups is 1. The summed E-state index contributed by atoms with van der Waals surface area (Å²) in [6.07, 6.45) is 2.97. The lowest BCUT2D eigenvalue weighted by Gasteiger charge is -2.35. The normalized spacial score (nSPS) is 16.7. The van der Waals surface area contributed by atoms with Crippen LogP contribution in [0, 0.1) is 0 Å². The van der Waals surface area contributed by atoms with Gasteiger partial charge in [0, 0.05) is 20.1 Å². The molecule has 0 radical (unpaired) electrons. The van der Waals surface area contributed by atoms with Crippen molar-refractivity contribution in [2.75, 3.05) is 26.3 Å². The zero-order valence-electron chi connectivity index (χ0n) is 17.2. The van der Waals surface area contributed by atoms with Gasteiger partial charge in [0.05, 0.1) is 24.8 Å². The molecular weight excluding hydrogens is 382 g/mol.